The molecule has 0 spiro atoms. The zero-order chi connectivity index (χ0) is 12.9. The molecule has 0 bridgehead atoms. The molecule has 97 valence electrons. The fourth-order valence-electron chi connectivity index (χ4n) is 0.868. The van der Waals surface area contributed by atoms with Crippen LogP contribution in [0.3, 0.4) is 0 Å². The first-order valence-corrected chi connectivity index (χ1v) is 5.35. The molecule has 0 saturated heterocycles. The number of aldehydes is 1. The third kappa shape index (κ3) is 7.41. The number of aliphatic hydroxyl groups excluding tert-OH is 4. The minimum atomic E-state index is -5.02. The van der Waals surface area contributed by atoms with Crippen LogP contribution in [-0.2, 0) is 19.4 Å². The Morgan fingerprint density at radius 1 is 1.24 bits per heavy atom. The summed E-state index contributed by atoms with van der Waals surface area (Å²) in [6.45, 7) is -1.01. The fourth-order valence-corrected chi connectivity index (χ4v) is 1.39. The first-order valence-electron chi connectivity index (χ1n) is 3.99. The number of rotatable bonds is 7. The SMILES string of the molecule is O=C[C@H](O)[C@@H](O)[C@@H](OS(=O)(=O)O)[C@H](O)CO.[Na]. The average molecular weight is 283 g/mol. The van der Waals surface area contributed by atoms with Crippen molar-refractivity contribution < 1.29 is 42.4 Å². The van der Waals surface area contributed by atoms with E-state index in [0.717, 1.165) is 0 Å². The summed E-state index contributed by atoms with van der Waals surface area (Å²) in [6, 6.07) is 0. The molecule has 9 nitrogen and oxygen atoms in total. The molecule has 0 aromatic rings. The summed E-state index contributed by atoms with van der Waals surface area (Å²) in [7, 11) is -5.02. The molecule has 0 saturated carbocycles. The quantitative estimate of drug-likeness (QED) is 0.178. The summed E-state index contributed by atoms with van der Waals surface area (Å²) in [5.74, 6) is 0. The van der Waals surface area contributed by atoms with E-state index in [9.17, 15) is 18.3 Å². The van der Waals surface area contributed by atoms with E-state index in [1.807, 2.05) is 0 Å². The van der Waals surface area contributed by atoms with Gasteiger partial charge in [0.1, 0.15) is 24.4 Å². The van der Waals surface area contributed by atoms with Crippen LogP contribution in [0, 0.1) is 0 Å². The minimum Gasteiger partial charge on any atom is -0.394 e. The van der Waals surface area contributed by atoms with Gasteiger partial charge in [-0.1, -0.05) is 0 Å². The second kappa shape index (κ2) is 8.48. The van der Waals surface area contributed by atoms with Crippen molar-refractivity contribution in [1.29, 1.82) is 0 Å². The molecule has 0 aromatic carbocycles. The van der Waals surface area contributed by atoms with Gasteiger partial charge >= 0.3 is 10.4 Å². The zero-order valence-electron chi connectivity index (χ0n) is 8.87. The van der Waals surface area contributed by atoms with Gasteiger partial charge in [0.15, 0.2) is 6.29 Å². The predicted octanol–water partition coefficient (Wildman–Crippen LogP) is -3.93. The van der Waals surface area contributed by atoms with Gasteiger partial charge in [-0.25, -0.2) is 4.18 Å². The van der Waals surface area contributed by atoms with Crippen LogP contribution in [0.25, 0.3) is 0 Å². The van der Waals surface area contributed by atoms with E-state index in [-0.39, 0.29) is 35.8 Å². The fraction of sp³-hybridized carbons (Fsp3) is 0.833. The number of hydrogen-bond acceptors (Lipinski definition) is 8. The van der Waals surface area contributed by atoms with Crippen LogP contribution in [0.15, 0.2) is 0 Å². The van der Waals surface area contributed by atoms with E-state index in [0.29, 0.717) is 0 Å². The average Bonchev–Trinajstić information content (AvgIpc) is 2.21. The number of carbonyl (C=O) groups is 1. The second-order valence-corrected chi connectivity index (χ2v) is 3.90. The normalized spacial score (nSPS) is 18.6. The van der Waals surface area contributed by atoms with E-state index in [2.05, 4.69) is 4.18 Å². The number of hydrogen-bond donors (Lipinski definition) is 5. The minimum absolute atomic E-state index is 0. The van der Waals surface area contributed by atoms with Crippen molar-refractivity contribution in [1.82, 2.24) is 0 Å². The maximum Gasteiger partial charge on any atom is 0.397 e. The molecular formula is C6H12NaO9S. The molecule has 0 heterocycles. The Bertz CT molecular complexity index is 317. The van der Waals surface area contributed by atoms with Crippen molar-refractivity contribution in [2.24, 2.45) is 0 Å². The van der Waals surface area contributed by atoms with Crippen molar-refractivity contribution in [2.45, 2.75) is 24.4 Å². The van der Waals surface area contributed by atoms with Crippen LogP contribution in [-0.4, -0.2) is 100 Å². The molecule has 11 heteroatoms. The van der Waals surface area contributed by atoms with Gasteiger partial charge in [-0.2, -0.15) is 8.42 Å². The monoisotopic (exact) mass is 283 g/mol. The Morgan fingerprint density at radius 2 is 1.71 bits per heavy atom. The summed E-state index contributed by atoms with van der Waals surface area (Å²) >= 11 is 0. The Morgan fingerprint density at radius 3 is 2.00 bits per heavy atom. The molecule has 1 radical (unpaired) electrons. The standard InChI is InChI=1S/C6H12O9S.Na/c7-1-3(9)5(11)6(4(10)2-8)15-16(12,13)14;/h1,3-6,8-11H,2H2,(H,12,13,14);/t3-,4+,5+,6-;/m0./s1. The topological polar surface area (TPSA) is 162 Å². The largest absolute Gasteiger partial charge is 0.397 e. The molecule has 5 N–H and O–H groups in total. The van der Waals surface area contributed by atoms with Gasteiger partial charge in [-0.3, -0.25) is 4.55 Å². The molecule has 0 fully saturated rings. The van der Waals surface area contributed by atoms with Crippen molar-refractivity contribution in [3.05, 3.63) is 0 Å². The van der Waals surface area contributed by atoms with E-state index >= 15 is 0 Å². The molecule has 0 aromatic heterocycles. The van der Waals surface area contributed by atoms with Crippen molar-refractivity contribution in [3.8, 4) is 0 Å². The van der Waals surface area contributed by atoms with E-state index in [4.69, 9.17) is 19.9 Å². The summed E-state index contributed by atoms with van der Waals surface area (Å²) in [4.78, 5) is 10.1. The van der Waals surface area contributed by atoms with Crippen LogP contribution in [0.5, 0.6) is 0 Å². The van der Waals surface area contributed by atoms with Gasteiger partial charge < -0.3 is 25.2 Å². The van der Waals surface area contributed by atoms with Gasteiger partial charge in [0.25, 0.3) is 0 Å². The Balaban J connectivity index is 0. The van der Waals surface area contributed by atoms with Crippen LogP contribution < -0.4 is 0 Å². The van der Waals surface area contributed by atoms with Gasteiger partial charge in [0, 0.05) is 29.6 Å². The van der Waals surface area contributed by atoms with E-state index in [1.54, 1.807) is 0 Å². The Kier molecular flexibility index (Phi) is 9.83. The van der Waals surface area contributed by atoms with Gasteiger partial charge in [0.05, 0.1) is 6.61 Å². The summed E-state index contributed by atoms with van der Waals surface area (Å²) in [5, 5.41) is 35.6. The Labute approximate surface area is 119 Å². The molecule has 4 atom stereocenters. The third-order valence-corrected chi connectivity index (χ3v) is 2.09. The molecule has 0 aliphatic heterocycles. The van der Waals surface area contributed by atoms with E-state index in [1.165, 1.54) is 0 Å². The number of carbonyl (C=O) groups excluding carboxylic acids is 1. The molecule has 0 unspecified atom stereocenters. The third-order valence-electron chi connectivity index (χ3n) is 1.62. The predicted molar refractivity (Wildman–Crippen MR) is 53.3 cm³/mol. The van der Waals surface area contributed by atoms with Gasteiger partial charge in [0.2, 0.25) is 0 Å². The Hall–Kier alpha value is 0.380. The van der Waals surface area contributed by atoms with Crippen LogP contribution in [0.1, 0.15) is 0 Å². The summed E-state index contributed by atoms with van der Waals surface area (Å²) < 4.78 is 32.8. The molecule has 0 aliphatic rings. The maximum atomic E-state index is 10.3. The molecule has 17 heavy (non-hydrogen) atoms. The van der Waals surface area contributed by atoms with Crippen LogP contribution >= 0.6 is 0 Å². The summed E-state index contributed by atoms with van der Waals surface area (Å²) in [6.07, 6.45) is -8.27. The van der Waals surface area contributed by atoms with Crippen LogP contribution in [0.4, 0.5) is 0 Å². The summed E-state index contributed by atoms with van der Waals surface area (Å²) in [5.41, 5.74) is 0. The number of aliphatic hydroxyl groups is 4. The van der Waals surface area contributed by atoms with Crippen molar-refractivity contribution in [2.75, 3.05) is 6.61 Å². The first-order chi connectivity index (χ1) is 7.22. The first kappa shape index (κ1) is 19.7. The zero-order valence-corrected chi connectivity index (χ0v) is 11.7. The second-order valence-electron chi connectivity index (χ2n) is 2.86. The molecule has 0 amide bonds. The van der Waals surface area contributed by atoms with Crippen molar-refractivity contribution >= 4 is 46.2 Å². The molecule has 0 aliphatic carbocycles. The maximum absolute atomic E-state index is 10.3. The smallest absolute Gasteiger partial charge is 0.394 e. The van der Waals surface area contributed by atoms with E-state index < -0.39 is 41.4 Å². The molecular weight excluding hydrogens is 271 g/mol. The van der Waals surface area contributed by atoms with Crippen molar-refractivity contribution in [3.63, 3.8) is 0 Å². The van der Waals surface area contributed by atoms with Gasteiger partial charge in [-0.05, 0) is 0 Å². The van der Waals surface area contributed by atoms with Crippen LogP contribution in [0.2, 0.25) is 0 Å². The van der Waals surface area contributed by atoms with Gasteiger partial charge in [-0.15, -0.1) is 0 Å². The molecule has 0 rings (SSSR count).